The van der Waals surface area contributed by atoms with E-state index in [9.17, 15) is 4.79 Å². The number of benzene rings is 1. The standard InChI is InChI=1S/C21H25N7O/c1-15-8-9-22-19(24-15)16-4-6-17(7-5-16)25-21(29)28-13-12-26(2)18(14-28)20-23-10-11-27(20)3/h4-11,18H,12-14H2,1-3H3,(H,25,29). The largest absolute Gasteiger partial charge is 0.337 e. The molecule has 0 saturated carbocycles. The van der Waals surface area contributed by atoms with Gasteiger partial charge in [-0.1, -0.05) is 0 Å². The van der Waals surface area contributed by atoms with Crippen LogP contribution in [0.3, 0.4) is 0 Å². The van der Waals surface area contributed by atoms with Crippen LogP contribution in [0.5, 0.6) is 0 Å². The number of aromatic nitrogens is 4. The van der Waals surface area contributed by atoms with Crippen LogP contribution in [0.25, 0.3) is 11.4 Å². The minimum atomic E-state index is -0.100. The highest BCUT2D eigenvalue weighted by Crippen LogP contribution is 2.23. The lowest BCUT2D eigenvalue weighted by Crippen LogP contribution is -2.50. The summed E-state index contributed by atoms with van der Waals surface area (Å²) in [5.74, 6) is 1.65. The SMILES string of the molecule is Cc1ccnc(-c2ccc(NC(=O)N3CCN(C)C(c4nccn4C)C3)cc2)n1. The van der Waals surface area contributed by atoms with Gasteiger partial charge in [-0.2, -0.15) is 0 Å². The molecule has 1 atom stereocenters. The van der Waals surface area contributed by atoms with Gasteiger partial charge in [-0.05, 0) is 44.3 Å². The van der Waals surface area contributed by atoms with Crippen molar-refractivity contribution in [3.8, 4) is 11.4 Å². The molecule has 3 heterocycles. The van der Waals surface area contributed by atoms with Gasteiger partial charge in [0.25, 0.3) is 0 Å². The van der Waals surface area contributed by atoms with Crippen molar-refractivity contribution >= 4 is 11.7 Å². The normalized spacial score (nSPS) is 17.3. The number of aryl methyl sites for hydroxylation is 2. The molecule has 8 nitrogen and oxygen atoms in total. The minimum absolute atomic E-state index is 0.0790. The number of hydrogen-bond acceptors (Lipinski definition) is 5. The number of urea groups is 1. The minimum Gasteiger partial charge on any atom is -0.337 e. The molecule has 1 aliphatic heterocycles. The number of carbonyl (C=O) groups is 1. The molecule has 1 aromatic carbocycles. The number of nitrogens with zero attached hydrogens (tertiary/aromatic N) is 6. The molecular formula is C21H25N7O. The Balaban J connectivity index is 1.43. The van der Waals surface area contributed by atoms with Crippen LogP contribution in [0.15, 0.2) is 48.9 Å². The highest BCUT2D eigenvalue weighted by atomic mass is 16.2. The van der Waals surface area contributed by atoms with E-state index < -0.39 is 0 Å². The molecule has 2 aromatic heterocycles. The number of likely N-dealkylation sites (N-methyl/N-ethyl adjacent to an activating group) is 1. The molecule has 1 aliphatic rings. The Bertz CT molecular complexity index is 998. The zero-order valence-corrected chi connectivity index (χ0v) is 16.9. The summed E-state index contributed by atoms with van der Waals surface area (Å²) in [5.41, 5.74) is 2.59. The summed E-state index contributed by atoms with van der Waals surface area (Å²) < 4.78 is 2.01. The van der Waals surface area contributed by atoms with Crippen molar-refractivity contribution in [3.05, 3.63) is 60.4 Å². The van der Waals surface area contributed by atoms with E-state index in [2.05, 4.69) is 32.2 Å². The monoisotopic (exact) mass is 391 g/mol. The van der Waals surface area contributed by atoms with Crippen molar-refractivity contribution in [2.75, 3.05) is 32.0 Å². The van der Waals surface area contributed by atoms with Crippen LogP contribution in [0.2, 0.25) is 0 Å². The third kappa shape index (κ3) is 4.12. The maximum atomic E-state index is 12.8. The van der Waals surface area contributed by atoms with Crippen LogP contribution >= 0.6 is 0 Å². The Labute approximate surface area is 170 Å². The second-order valence-corrected chi connectivity index (χ2v) is 7.37. The molecule has 0 bridgehead atoms. The Kier molecular flexibility index (Phi) is 5.26. The lowest BCUT2D eigenvalue weighted by Gasteiger charge is -2.38. The number of anilines is 1. The van der Waals surface area contributed by atoms with Crippen LogP contribution in [0.4, 0.5) is 10.5 Å². The summed E-state index contributed by atoms with van der Waals surface area (Å²) in [7, 11) is 4.05. The summed E-state index contributed by atoms with van der Waals surface area (Å²) in [6, 6.07) is 9.45. The van der Waals surface area contributed by atoms with Gasteiger partial charge in [-0.25, -0.2) is 19.7 Å². The first-order chi connectivity index (χ1) is 14.0. The lowest BCUT2D eigenvalue weighted by atomic mass is 10.1. The van der Waals surface area contributed by atoms with Crippen molar-refractivity contribution in [1.82, 2.24) is 29.3 Å². The molecule has 1 unspecified atom stereocenters. The topological polar surface area (TPSA) is 79.2 Å². The maximum Gasteiger partial charge on any atom is 0.321 e. The second-order valence-electron chi connectivity index (χ2n) is 7.37. The Morgan fingerprint density at radius 2 is 1.86 bits per heavy atom. The number of rotatable bonds is 3. The molecule has 4 rings (SSSR count). The third-order valence-electron chi connectivity index (χ3n) is 5.28. The fourth-order valence-electron chi connectivity index (χ4n) is 3.53. The number of carbonyl (C=O) groups excluding carboxylic acids is 1. The smallest absolute Gasteiger partial charge is 0.321 e. The van der Waals surface area contributed by atoms with E-state index >= 15 is 0 Å². The van der Waals surface area contributed by atoms with E-state index in [0.717, 1.165) is 29.3 Å². The van der Waals surface area contributed by atoms with E-state index in [1.165, 1.54) is 0 Å². The highest BCUT2D eigenvalue weighted by Gasteiger charge is 2.30. The van der Waals surface area contributed by atoms with Gasteiger partial charge in [-0.15, -0.1) is 0 Å². The first-order valence-corrected chi connectivity index (χ1v) is 9.65. The lowest BCUT2D eigenvalue weighted by molar-refractivity contribution is 0.110. The van der Waals surface area contributed by atoms with E-state index in [4.69, 9.17) is 0 Å². The Hall–Kier alpha value is -3.26. The average molecular weight is 391 g/mol. The Morgan fingerprint density at radius 1 is 1.07 bits per heavy atom. The quantitative estimate of drug-likeness (QED) is 0.743. The number of hydrogen-bond donors (Lipinski definition) is 1. The fraction of sp³-hybridized carbons (Fsp3) is 0.333. The van der Waals surface area contributed by atoms with Crippen LogP contribution in [-0.2, 0) is 7.05 Å². The number of nitrogens with one attached hydrogen (secondary N) is 1. The van der Waals surface area contributed by atoms with E-state index in [-0.39, 0.29) is 12.1 Å². The molecule has 0 radical (unpaired) electrons. The van der Waals surface area contributed by atoms with Gasteiger partial charge in [0, 0.05) is 62.2 Å². The van der Waals surface area contributed by atoms with Gasteiger partial charge in [0.2, 0.25) is 0 Å². The zero-order valence-electron chi connectivity index (χ0n) is 16.9. The summed E-state index contributed by atoms with van der Waals surface area (Å²) in [5, 5.41) is 3.00. The second kappa shape index (κ2) is 8.00. The van der Waals surface area contributed by atoms with Crippen molar-refractivity contribution in [2.45, 2.75) is 13.0 Å². The molecule has 8 heteroatoms. The Morgan fingerprint density at radius 3 is 2.55 bits per heavy atom. The average Bonchev–Trinajstić information content (AvgIpc) is 3.14. The number of imidazole rings is 1. The van der Waals surface area contributed by atoms with Crippen LogP contribution in [-0.4, -0.2) is 62.0 Å². The van der Waals surface area contributed by atoms with E-state index in [1.807, 2.05) is 60.0 Å². The molecule has 0 aliphatic carbocycles. The molecule has 150 valence electrons. The molecule has 1 saturated heterocycles. The maximum absolute atomic E-state index is 12.8. The van der Waals surface area contributed by atoms with Gasteiger partial charge in [0.15, 0.2) is 5.82 Å². The van der Waals surface area contributed by atoms with Gasteiger partial charge >= 0.3 is 6.03 Å². The molecule has 3 aromatic rings. The number of piperazine rings is 1. The summed E-state index contributed by atoms with van der Waals surface area (Å²) in [4.78, 5) is 30.1. The molecule has 0 spiro atoms. The molecule has 1 fully saturated rings. The van der Waals surface area contributed by atoms with Gasteiger partial charge in [0.05, 0.1) is 6.04 Å². The predicted molar refractivity (Wildman–Crippen MR) is 111 cm³/mol. The number of amides is 2. The van der Waals surface area contributed by atoms with Crippen molar-refractivity contribution in [1.29, 1.82) is 0 Å². The molecule has 1 N–H and O–H groups in total. The molecule has 2 amide bonds. The van der Waals surface area contributed by atoms with E-state index in [0.29, 0.717) is 18.9 Å². The first kappa shape index (κ1) is 19.1. The van der Waals surface area contributed by atoms with Crippen LogP contribution < -0.4 is 5.32 Å². The van der Waals surface area contributed by atoms with Gasteiger partial charge < -0.3 is 14.8 Å². The van der Waals surface area contributed by atoms with Crippen molar-refractivity contribution < 1.29 is 4.79 Å². The molecular weight excluding hydrogens is 366 g/mol. The van der Waals surface area contributed by atoms with Crippen molar-refractivity contribution in [3.63, 3.8) is 0 Å². The van der Waals surface area contributed by atoms with Crippen LogP contribution in [0.1, 0.15) is 17.6 Å². The van der Waals surface area contributed by atoms with Crippen molar-refractivity contribution in [2.24, 2.45) is 7.05 Å². The zero-order chi connectivity index (χ0) is 20.4. The van der Waals surface area contributed by atoms with E-state index in [1.54, 1.807) is 12.4 Å². The van der Waals surface area contributed by atoms with Gasteiger partial charge in [0.1, 0.15) is 5.82 Å². The first-order valence-electron chi connectivity index (χ1n) is 9.65. The highest BCUT2D eigenvalue weighted by molar-refractivity contribution is 5.89. The fourth-order valence-corrected chi connectivity index (χ4v) is 3.53. The summed E-state index contributed by atoms with van der Waals surface area (Å²) in [6.45, 7) is 4.02. The molecule has 29 heavy (non-hydrogen) atoms. The predicted octanol–water partition coefficient (Wildman–Crippen LogP) is 2.71. The summed E-state index contributed by atoms with van der Waals surface area (Å²) in [6.07, 6.45) is 5.47. The van der Waals surface area contributed by atoms with Crippen LogP contribution in [0, 0.1) is 6.92 Å². The summed E-state index contributed by atoms with van der Waals surface area (Å²) >= 11 is 0. The van der Waals surface area contributed by atoms with Gasteiger partial charge in [-0.3, -0.25) is 4.90 Å². The third-order valence-corrected chi connectivity index (χ3v) is 5.28.